The maximum atomic E-state index is 13.6. The molecule has 2 rings (SSSR count). The molecule has 1 aromatic heterocycles. The van der Waals surface area contributed by atoms with Gasteiger partial charge in [-0.25, -0.2) is 4.39 Å². The molecule has 124 valence electrons. The van der Waals surface area contributed by atoms with E-state index >= 15 is 0 Å². The van der Waals surface area contributed by atoms with Crippen LogP contribution < -0.4 is 0 Å². The van der Waals surface area contributed by atoms with Gasteiger partial charge in [-0.2, -0.15) is 5.10 Å². The van der Waals surface area contributed by atoms with Crippen LogP contribution in [0.5, 0.6) is 0 Å². The van der Waals surface area contributed by atoms with Crippen LogP contribution in [0, 0.1) is 26.6 Å². The summed E-state index contributed by atoms with van der Waals surface area (Å²) in [7, 11) is 0. The molecule has 0 aliphatic carbocycles. The van der Waals surface area contributed by atoms with E-state index in [9.17, 15) is 4.39 Å². The van der Waals surface area contributed by atoms with E-state index in [1.807, 2.05) is 62.3 Å². The third kappa shape index (κ3) is 5.92. The maximum absolute atomic E-state index is 13.6. The summed E-state index contributed by atoms with van der Waals surface area (Å²) >= 11 is 0. The normalized spacial score (nSPS) is 8.45. The van der Waals surface area contributed by atoms with Crippen molar-refractivity contribution < 1.29 is 4.39 Å². The molecule has 0 aliphatic heterocycles. The number of hydrogen-bond donors (Lipinski definition) is 0. The number of aryl methyl sites for hydroxylation is 1. The Kier molecular flexibility index (Phi) is 13.2. The van der Waals surface area contributed by atoms with Crippen LogP contribution in [0.4, 0.5) is 4.39 Å². The zero-order valence-corrected chi connectivity index (χ0v) is 15.6. The summed E-state index contributed by atoms with van der Waals surface area (Å²) in [5, 5.41) is 8.12. The molecule has 2 aromatic rings. The van der Waals surface area contributed by atoms with Crippen LogP contribution >= 0.6 is 0 Å². The number of nitrogens with zero attached hydrogens (tertiary/aromatic N) is 2. The van der Waals surface area contributed by atoms with Gasteiger partial charge < -0.3 is 0 Å². The quantitative estimate of drug-likeness (QED) is 0.619. The van der Waals surface area contributed by atoms with Gasteiger partial charge in [0.15, 0.2) is 0 Å². The standard InChI is InChI=1S/C13H13FN2.3C2H6/c1-8-9(2)13(16-15-10(8)3)11-6-4-5-7-12(11)14;3*1-2/h4-7H,1-3H3;3*1-2H3. The Morgan fingerprint density at radius 3 is 1.73 bits per heavy atom. The van der Waals surface area contributed by atoms with Gasteiger partial charge in [0.25, 0.3) is 0 Å². The maximum Gasteiger partial charge on any atom is 0.132 e. The first-order chi connectivity index (χ1) is 10.6. The predicted molar refractivity (Wildman–Crippen MR) is 95.7 cm³/mol. The number of rotatable bonds is 1. The summed E-state index contributed by atoms with van der Waals surface area (Å²) in [6.07, 6.45) is 0. The molecule has 0 saturated heterocycles. The molecule has 3 heteroatoms. The lowest BCUT2D eigenvalue weighted by Crippen LogP contribution is -2.00. The van der Waals surface area contributed by atoms with Crippen LogP contribution in [0.1, 0.15) is 58.4 Å². The summed E-state index contributed by atoms with van der Waals surface area (Å²) in [6, 6.07) is 6.63. The molecule has 0 spiro atoms. The topological polar surface area (TPSA) is 25.8 Å². The molecule has 1 heterocycles. The van der Waals surface area contributed by atoms with Crippen molar-refractivity contribution in [1.29, 1.82) is 0 Å². The molecule has 0 radical (unpaired) electrons. The molecule has 0 aliphatic rings. The Balaban J connectivity index is 0. The summed E-state index contributed by atoms with van der Waals surface area (Å²) in [5.74, 6) is -0.261. The minimum atomic E-state index is -0.261. The number of halogens is 1. The highest BCUT2D eigenvalue weighted by Gasteiger charge is 2.12. The van der Waals surface area contributed by atoms with Crippen molar-refractivity contribution in [2.24, 2.45) is 0 Å². The Labute approximate surface area is 135 Å². The summed E-state index contributed by atoms with van der Waals surface area (Å²) in [5.41, 5.74) is 4.07. The Morgan fingerprint density at radius 2 is 1.23 bits per heavy atom. The van der Waals surface area contributed by atoms with Crippen LogP contribution in [0.15, 0.2) is 24.3 Å². The molecule has 0 saturated carbocycles. The molecule has 0 fully saturated rings. The molecule has 0 bridgehead atoms. The zero-order chi connectivity index (χ0) is 17.7. The Bertz CT molecular complexity index is 537. The zero-order valence-electron chi connectivity index (χ0n) is 15.6. The van der Waals surface area contributed by atoms with Crippen LogP contribution in [0.2, 0.25) is 0 Å². The van der Waals surface area contributed by atoms with Crippen LogP contribution in [-0.2, 0) is 0 Å². The van der Waals surface area contributed by atoms with E-state index in [0.29, 0.717) is 11.3 Å². The highest BCUT2D eigenvalue weighted by atomic mass is 19.1. The molecule has 0 N–H and O–H groups in total. The first kappa shape index (κ1) is 22.5. The van der Waals surface area contributed by atoms with E-state index in [4.69, 9.17) is 0 Å². The monoisotopic (exact) mass is 306 g/mol. The Hall–Kier alpha value is -1.77. The molecular formula is C19H31FN2. The Morgan fingerprint density at radius 1 is 0.727 bits per heavy atom. The summed E-state index contributed by atoms with van der Waals surface area (Å²) in [6.45, 7) is 17.8. The SMILES string of the molecule is CC.CC.CC.Cc1nnc(-c2ccccc2F)c(C)c1C. The van der Waals surface area contributed by atoms with Gasteiger partial charge in [-0.05, 0) is 44.0 Å². The predicted octanol–water partition coefficient (Wildman–Crippen LogP) is 6.29. The van der Waals surface area contributed by atoms with Crippen molar-refractivity contribution in [2.45, 2.75) is 62.3 Å². The lowest BCUT2D eigenvalue weighted by Gasteiger charge is -2.09. The summed E-state index contributed by atoms with van der Waals surface area (Å²) in [4.78, 5) is 0. The van der Waals surface area contributed by atoms with E-state index in [1.165, 1.54) is 6.07 Å². The molecule has 22 heavy (non-hydrogen) atoms. The molecule has 0 amide bonds. The average Bonchev–Trinajstić information content (AvgIpc) is 2.59. The summed E-state index contributed by atoms with van der Waals surface area (Å²) < 4.78 is 13.6. The first-order valence-corrected chi connectivity index (χ1v) is 8.16. The van der Waals surface area contributed by atoms with Crippen molar-refractivity contribution in [2.75, 3.05) is 0 Å². The van der Waals surface area contributed by atoms with E-state index in [0.717, 1.165) is 16.8 Å². The third-order valence-electron chi connectivity index (χ3n) is 2.89. The fourth-order valence-corrected chi connectivity index (χ4v) is 1.63. The van der Waals surface area contributed by atoms with Gasteiger partial charge in [-0.3, -0.25) is 0 Å². The second-order valence-electron chi connectivity index (χ2n) is 3.86. The van der Waals surface area contributed by atoms with Gasteiger partial charge in [-0.1, -0.05) is 53.7 Å². The second kappa shape index (κ2) is 12.9. The van der Waals surface area contributed by atoms with E-state index in [1.54, 1.807) is 18.2 Å². The minimum absolute atomic E-state index is 0.261. The first-order valence-electron chi connectivity index (χ1n) is 8.16. The molecule has 2 nitrogen and oxygen atoms in total. The number of aromatic nitrogens is 2. The minimum Gasteiger partial charge on any atom is -0.206 e. The van der Waals surface area contributed by atoms with Crippen molar-refractivity contribution in [3.8, 4) is 11.3 Å². The van der Waals surface area contributed by atoms with E-state index in [-0.39, 0.29) is 5.82 Å². The second-order valence-corrected chi connectivity index (χ2v) is 3.86. The molecule has 1 aromatic carbocycles. The van der Waals surface area contributed by atoms with Crippen LogP contribution in [-0.4, -0.2) is 10.2 Å². The van der Waals surface area contributed by atoms with Crippen molar-refractivity contribution in [1.82, 2.24) is 10.2 Å². The van der Waals surface area contributed by atoms with Gasteiger partial charge in [-0.15, -0.1) is 5.10 Å². The molecular weight excluding hydrogens is 275 g/mol. The largest absolute Gasteiger partial charge is 0.206 e. The molecule has 0 unspecified atom stereocenters. The lowest BCUT2D eigenvalue weighted by atomic mass is 10.0. The van der Waals surface area contributed by atoms with Crippen LogP contribution in [0.3, 0.4) is 0 Å². The number of hydrogen-bond acceptors (Lipinski definition) is 2. The van der Waals surface area contributed by atoms with Gasteiger partial charge in [0.05, 0.1) is 11.4 Å². The van der Waals surface area contributed by atoms with Gasteiger partial charge in [0, 0.05) is 5.56 Å². The fraction of sp³-hybridized carbons (Fsp3) is 0.474. The van der Waals surface area contributed by atoms with Gasteiger partial charge in [0.2, 0.25) is 0 Å². The van der Waals surface area contributed by atoms with Crippen LogP contribution in [0.25, 0.3) is 11.3 Å². The molecule has 0 atom stereocenters. The van der Waals surface area contributed by atoms with Crippen molar-refractivity contribution in [3.63, 3.8) is 0 Å². The van der Waals surface area contributed by atoms with Gasteiger partial charge in [0.1, 0.15) is 5.82 Å². The lowest BCUT2D eigenvalue weighted by molar-refractivity contribution is 0.630. The highest BCUT2D eigenvalue weighted by molar-refractivity contribution is 5.64. The average molecular weight is 306 g/mol. The van der Waals surface area contributed by atoms with Gasteiger partial charge >= 0.3 is 0 Å². The van der Waals surface area contributed by atoms with Crippen molar-refractivity contribution >= 4 is 0 Å². The fourth-order valence-electron chi connectivity index (χ4n) is 1.63. The highest BCUT2D eigenvalue weighted by Crippen LogP contribution is 2.25. The number of benzene rings is 1. The van der Waals surface area contributed by atoms with E-state index in [2.05, 4.69) is 10.2 Å². The van der Waals surface area contributed by atoms with Crippen molar-refractivity contribution in [3.05, 3.63) is 46.9 Å². The van der Waals surface area contributed by atoms with E-state index < -0.39 is 0 Å². The third-order valence-corrected chi connectivity index (χ3v) is 2.89. The smallest absolute Gasteiger partial charge is 0.132 e.